The Hall–Kier alpha value is 0.620. The molecule has 0 spiro atoms. The molecule has 2 rings (SSSR count). The molecule has 1 aliphatic carbocycles. The van der Waals surface area contributed by atoms with Crippen molar-refractivity contribution in [2.75, 3.05) is 31.1 Å². The van der Waals surface area contributed by atoms with E-state index >= 15 is 0 Å². The lowest BCUT2D eigenvalue weighted by atomic mass is 10.2. The average Bonchev–Trinajstić information content (AvgIpc) is 2.78. The van der Waals surface area contributed by atoms with Crippen molar-refractivity contribution in [2.24, 2.45) is 5.73 Å². The highest BCUT2D eigenvalue weighted by atomic mass is 33.1. The molecule has 4 heteroatoms. The Bertz CT molecular complexity index is 151. The number of nitrogens with two attached hydrogens (primary N) is 1. The van der Waals surface area contributed by atoms with Crippen LogP contribution in [-0.4, -0.2) is 41.6 Å². The molecule has 0 bridgehead atoms. The predicted octanol–water partition coefficient (Wildman–Crippen LogP) is 1.17. The summed E-state index contributed by atoms with van der Waals surface area (Å²) in [7, 11) is 4.00. The first-order chi connectivity index (χ1) is 5.79. The number of rotatable bonds is 2. The Morgan fingerprint density at radius 3 is 2.25 bits per heavy atom. The molecular weight excluding hydrogens is 188 g/mol. The lowest BCUT2D eigenvalue weighted by molar-refractivity contribution is 0.281. The van der Waals surface area contributed by atoms with Gasteiger partial charge in [-0.2, -0.15) is 0 Å². The zero-order valence-electron chi connectivity index (χ0n) is 7.29. The summed E-state index contributed by atoms with van der Waals surface area (Å²) < 4.78 is 0. The third kappa shape index (κ3) is 2.55. The Morgan fingerprint density at radius 2 is 1.75 bits per heavy atom. The Kier molecular flexibility index (Phi) is 2.89. The maximum atomic E-state index is 6.07. The molecule has 12 heavy (non-hydrogen) atoms. The standard InChI is InChI=1S/C8H16N2S2/c9-8(1-2-8)7-10-3-5-11-12-6-4-10/h1-7,9H2. The van der Waals surface area contributed by atoms with Crippen molar-refractivity contribution in [1.29, 1.82) is 0 Å². The summed E-state index contributed by atoms with van der Waals surface area (Å²) in [6.45, 7) is 3.60. The van der Waals surface area contributed by atoms with Gasteiger partial charge in [0.15, 0.2) is 0 Å². The average molecular weight is 204 g/mol. The summed E-state index contributed by atoms with van der Waals surface area (Å²) in [5.74, 6) is 2.53. The molecule has 1 saturated carbocycles. The highest BCUT2D eigenvalue weighted by Crippen LogP contribution is 2.34. The predicted molar refractivity (Wildman–Crippen MR) is 57.5 cm³/mol. The van der Waals surface area contributed by atoms with Gasteiger partial charge in [0.25, 0.3) is 0 Å². The van der Waals surface area contributed by atoms with Gasteiger partial charge in [-0.15, -0.1) is 0 Å². The van der Waals surface area contributed by atoms with E-state index in [2.05, 4.69) is 4.90 Å². The van der Waals surface area contributed by atoms with Crippen LogP contribution >= 0.6 is 21.6 Å². The molecule has 2 fully saturated rings. The summed E-state index contributed by atoms with van der Waals surface area (Å²) in [4.78, 5) is 2.53. The van der Waals surface area contributed by atoms with E-state index in [1.54, 1.807) is 0 Å². The number of nitrogens with zero attached hydrogens (tertiary/aromatic N) is 1. The fourth-order valence-corrected chi connectivity index (χ4v) is 3.54. The van der Waals surface area contributed by atoms with Crippen molar-refractivity contribution in [3.05, 3.63) is 0 Å². The molecule has 0 atom stereocenters. The van der Waals surface area contributed by atoms with E-state index < -0.39 is 0 Å². The summed E-state index contributed by atoms with van der Waals surface area (Å²) in [6.07, 6.45) is 2.48. The van der Waals surface area contributed by atoms with Crippen LogP contribution in [0.15, 0.2) is 0 Å². The van der Waals surface area contributed by atoms with Crippen LogP contribution in [0.5, 0.6) is 0 Å². The van der Waals surface area contributed by atoms with Crippen molar-refractivity contribution in [2.45, 2.75) is 18.4 Å². The third-order valence-corrected chi connectivity index (χ3v) is 4.86. The SMILES string of the molecule is NC1(CN2CCSSCC2)CC1. The molecule has 1 heterocycles. The van der Waals surface area contributed by atoms with E-state index in [0.29, 0.717) is 0 Å². The van der Waals surface area contributed by atoms with Gasteiger partial charge in [-0.3, -0.25) is 4.90 Å². The van der Waals surface area contributed by atoms with E-state index in [1.165, 1.54) is 37.4 Å². The Morgan fingerprint density at radius 1 is 1.17 bits per heavy atom. The number of hydrogen-bond acceptors (Lipinski definition) is 4. The monoisotopic (exact) mass is 204 g/mol. The fourth-order valence-electron chi connectivity index (χ4n) is 1.48. The summed E-state index contributed by atoms with van der Waals surface area (Å²) in [6, 6.07) is 0. The minimum atomic E-state index is 0.208. The molecule has 0 aromatic heterocycles. The molecule has 1 aliphatic heterocycles. The minimum Gasteiger partial charge on any atom is -0.324 e. The Labute approximate surface area is 82.0 Å². The van der Waals surface area contributed by atoms with Crippen molar-refractivity contribution >= 4 is 21.6 Å². The molecule has 0 aromatic rings. The van der Waals surface area contributed by atoms with E-state index in [9.17, 15) is 0 Å². The van der Waals surface area contributed by atoms with Crippen LogP contribution in [0.3, 0.4) is 0 Å². The molecule has 0 unspecified atom stereocenters. The summed E-state index contributed by atoms with van der Waals surface area (Å²) >= 11 is 0. The van der Waals surface area contributed by atoms with Crippen LogP contribution in [-0.2, 0) is 0 Å². The zero-order valence-corrected chi connectivity index (χ0v) is 8.92. The third-order valence-electron chi connectivity index (χ3n) is 2.50. The van der Waals surface area contributed by atoms with Crippen LogP contribution in [0.25, 0.3) is 0 Å². The first-order valence-electron chi connectivity index (χ1n) is 4.54. The second-order valence-corrected chi connectivity index (χ2v) is 6.48. The van der Waals surface area contributed by atoms with Gasteiger partial charge in [0.2, 0.25) is 0 Å². The molecule has 1 saturated heterocycles. The van der Waals surface area contributed by atoms with Gasteiger partial charge < -0.3 is 5.73 Å². The fraction of sp³-hybridized carbons (Fsp3) is 1.00. The molecule has 2 N–H and O–H groups in total. The quantitative estimate of drug-likeness (QED) is 0.684. The van der Waals surface area contributed by atoms with Gasteiger partial charge in [0.05, 0.1) is 0 Å². The van der Waals surface area contributed by atoms with E-state index in [-0.39, 0.29) is 5.54 Å². The largest absolute Gasteiger partial charge is 0.324 e. The highest BCUT2D eigenvalue weighted by Gasteiger charge is 2.39. The van der Waals surface area contributed by atoms with E-state index in [4.69, 9.17) is 5.73 Å². The van der Waals surface area contributed by atoms with Gasteiger partial charge in [0.1, 0.15) is 0 Å². The summed E-state index contributed by atoms with van der Waals surface area (Å²) in [5.41, 5.74) is 6.28. The number of hydrogen-bond donors (Lipinski definition) is 1. The van der Waals surface area contributed by atoms with Crippen LogP contribution in [0.4, 0.5) is 0 Å². The molecule has 2 nitrogen and oxygen atoms in total. The smallest absolute Gasteiger partial charge is 0.0284 e. The first-order valence-corrected chi connectivity index (χ1v) is 7.03. The van der Waals surface area contributed by atoms with Gasteiger partial charge in [-0.25, -0.2) is 0 Å². The maximum absolute atomic E-state index is 6.07. The maximum Gasteiger partial charge on any atom is 0.0284 e. The topological polar surface area (TPSA) is 29.3 Å². The molecule has 2 aliphatic rings. The molecular formula is C8H16N2S2. The van der Waals surface area contributed by atoms with Gasteiger partial charge >= 0.3 is 0 Å². The molecule has 70 valence electrons. The van der Waals surface area contributed by atoms with Crippen molar-refractivity contribution in [3.63, 3.8) is 0 Å². The second-order valence-electron chi connectivity index (χ2n) is 3.78. The van der Waals surface area contributed by atoms with Gasteiger partial charge in [-0.05, 0) is 12.8 Å². The lowest BCUT2D eigenvalue weighted by Gasteiger charge is -2.22. The van der Waals surface area contributed by atoms with Crippen molar-refractivity contribution < 1.29 is 0 Å². The molecule has 0 aromatic carbocycles. The summed E-state index contributed by atoms with van der Waals surface area (Å²) in [5, 5.41) is 0. The lowest BCUT2D eigenvalue weighted by Crippen LogP contribution is -2.40. The van der Waals surface area contributed by atoms with Gasteiger partial charge in [-0.1, -0.05) is 21.6 Å². The molecule has 0 amide bonds. The molecule has 0 radical (unpaired) electrons. The second kappa shape index (κ2) is 3.78. The van der Waals surface area contributed by atoms with Gasteiger partial charge in [0, 0.05) is 36.7 Å². The van der Waals surface area contributed by atoms with Crippen LogP contribution < -0.4 is 5.73 Å². The van der Waals surface area contributed by atoms with E-state index in [0.717, 1.165) is 6.54 Å². The van der Waals surface area contributed by atoms with E-state index in [1.807, 2.05) is 21.6 Å². The van der Waals surface area contributed by atoms with Crippen molar-refractivity contribution in [3.8, 4) is 0 Å². The van der Waals surface area contributed by atoms with Crippen molar-refractivity contribution in [1.82, 2.24) is 4.90 Å². The first kappa shape index (κ1) is 9.19. The minimum absolute atomic E-state index is 0.208. The Balaban J connectivity index is 1.77. The highest BCUT2D eigenvalue weighted by molar-refractivity contribution is 8.76. The van der Waals surface area contributed by atoms with Crippen LogP contribution in [0.1, 0.15) is 12.8 Å². The zero-order chi connectivity index (χ0) is 8.44. The normalized spacial score (nSPS) is 29.8. The van der Waals surface area contributed by atoms with Crippen LogP contribution in [0.2, 0.25) is 0 Å². The van der Waals surface area contributed by atoms with Crippen LogP contribution in [0, 0.1) is 0 Å².